The maximum absolute atomic E-state index is 13.4. The van der Waals surface area contributed by atoms with E-state index in [1.807, 2.05) is 36.0 Å². The van der Waals surface area contributed by atoms with Gasteiger partial charge in [0.1, 0.15) is 28.6 Å². The summed E-state index contributed by atoms with van der Waals surface area (Å²) < 4.78 is 21.0. The summed E-state index contributed by atoms with van der Waals surface area (Å²) in [5.74, 6) is -1.13. The molecule has 30 heavy (non-hydrogen) atoms. The summed E-state index contributed by atoms with van der Waals surface area (Å²) in [6.07, 6.45) is 3.50. The average molecular weight is 401 g/mol. The van der Waals surface area contributed by atoms with Crippen LogP contribution in [0, 0.1) is 5.82 Å². The summed E-state index contributed by atoms with van der Waals surface area (Å²) in [6.45, 7) is 0. The lowest BCUT2D eigenvalue weighted by Crippen LogP contribution is -1.98. The number of carbonyl (C=O) groups excluding carboxylic acids is 1. The summed E-state index contributed by atoms with van der Waals surface area (Å²) >= 11 is 0. The highest BCUT2D eigenvalue weighted by Crippen LogP contribution is 2.41. The second kappa shape index (κ2) is 6.49. The number of ketones is 1. The summed E-state index contributed by atoms with van der Waals surface area (Å²) in [5, 5.41) is 20.6. The molecule has 4 aromatic rings. The molecule has 3 aromatic carbocycles. The van der Waals surface area contributed by atoms with E-state index in [1.165, 1.54) is 18.2 Å². The number of fused-ring (bicyclic) bond motifs is 2. The van der Waals surface area contributed by atoms with E-state index in [1.54, 1.807) is 18.2 Å². The molecule has 5 rings (SSSR count). The van der Waals surface area contributed by atoms with Gasteiger partial charge in [0.05, 0.1) is 0 Å². The van der Waals surface area contributed by atoms with Crippen molar-refractivity contribution in [1.82, 2.24) is 4.57 Å². The predicted molar refractivity (Wildman–Crippen MR) is 111 cm³/mol. The lowest BCUT2D eigenvalue weighted by Gasteiger charge is -2.06. The van der Waals surface area contributed by atoms with Crippen molar-refractivity contribution in [1.29, 1.82) is 0 Å². The molecule has 0 bridgehead atoms. The van der Waals surface area contributed by atoms with E-state index < -0.39 is 5.78 Å². The molecule has 0 fully saturated rings. The lowest BCUT2D eigenvalue weighted by molar-refractivity contribution is 0.101. The van der Waals surface area contributed by atoms with Crippen molar-refractivity contribution in [3.63, 3.8) is 0 Å². The fourth-order valence-electron chi connectivity index (χ4n) is 3.88. The number of allylic oxidation sites excluding steroid dienone is 1. The highest BCUT2D eigenvalue weighted by Gasteiger charge is 2.31. The molecule has 5 nitrogen and oxygen atoms in total. The van der Waals surface area contributed by atoms with Crippen LogP contribution in [-0.2, 0) is 7.05 Å². The fourth-order valence-corrected chi connectivity index (χ4v) is 3.88. The van der Waals surface area contributed by atoms with Crippen molar-refractivity contribution in [2.45, 2.75) is 0 Å². The number of halogens is 1. The molecule has 0 aliphatic carbocycles. The van der Waals surface area contributed by atoms with E-state index in [-0.39, 0.29) is 34.4 Å². The maximum atomic E-state index is 13.4. The first-order valence-electron chi connectivity index (χ1n) is 9.26. The number of hydrogen-bond acceptors (Lipinski definition) is 4. The van der Waals surface area contributed by atoms with Gasteiger partial charge in [-0.1, -0.05) is 24.3 Å². The minimum atomic E-state index is -0.459. The zero-order valence-electron chi connectivity index (χ0n) is 15.9. The Morgan fingerprint density at radius 1 is 1.07 bits per heavy atom. The predicted octanol–water partition coefficient (Wildman–Crippen LogP) is 5.01. The SMILES string of the molecule is Cn1cc(C=C2Oc3cc(O)cc(O)c3C2=O)c2c(-c3ccc(F)cc3)cccc21. The molecule has 0 unspecified atom stereocenters. The van der Waals surface area contributed by atoms with Crippen LogP contribution < -0.4 is 4.74 Å². The first kappa shape index (κ1) is 18.0. The van der Waals surface area contributed by atoms with Gasteiger partial charge < -0.3 is 19.5 Å². The third-order valence-corrected chi connectivity index (χ3v) is 5.22. The molecule has 0 amide bonds. The molecule has 0 atom stereocenters. The molecule has 1 aliphatic heterocycles. The molecule has 0 saturated carbocycles. The highest BCUT2D eigenvalue weighted by atomic mass is 19.1. The maximum Gasteiger partial charge on any atom is 0.235 e. The van der Waals surface area contributed by atoms with Crippen molar-refractivity contribution >= 4 is 22.8 Å². The van der Waals surface area contributed by atoms with Gasteiger partial charge in [-0.25, -0.2) is 4.39 Å². The minimum absolute atomic E-state index is 0.0260. The number of Topliss-reactive ketones (excluding diaryl/α,β-unsaturated/α-hetero) is 1. The van der Waals surface area contributed by atoms with Crippen LogP contribution in [0.3, 0.4) is 0 Å². The number of benzene rings is 3. The number of aromatic nitrogens is 1. The standard InChI is InChI=1S/C24H16FNO4/c1-26-12-14(9-21-24(29)23-19(28)10-16(27)11-20(23)30-21)22-17(3-2-4-18(22)26)13-5-7-15(25)8-6-13/h2-12,27-28H,1H3. The van der Waals surface area contributed by atoms with Crippen LogP contribution in [0.1, 0.15) is 15.9 Å². The van der Waals surface area contributed by atoms with Crippen molar-refractivity contribution in [2.24, 2.45) is 7.05 Å². The van der Waals surface area contributed by atoms with Crippen molar-refractivity contribution in [2.75, 3.05) is 0 Å². The molecular weight excluding hydrogens is 385 g/mol. The van der Waals surface area contributed by atoms with Gasteiger partial charge in [-0.15, -0.1) is 0 Å². The number of aromatic hydroxyl groups is 2. The van der Waals surface area contributed by atoms with E-state index in [4.69, 9.17) is 4.74 Å². The van der Waals surface area contributed by atoms with E-state index in [0.717, 1.165) is 33.7 Å². The minimum Gasteiger partial charge on any atom is -0.508 e. The van der Waals surface area contributed by atoms with Crippen LogP contribution >= 0.6 is 0 Å². The van der Waals surface area contributed by atoms with Crippen LogP contribution in [0.2, 0.25) is 0 Å². The Kier molecular flexibility index (Phi) is 3.89. The Bertz CT molecular complexity index is 1370. The van der Waals surface area contributed by atoms with Gasteiger partial charge in [-0.3, -0.25) is 4.79 Å². The molecule has 0 saturated heterocycles. The number of carbonyl (C=O) groups is 1. The zero-order valence-corrected chi connectivity index (χ0v) is 15.9. The fraction of sp³-hybridized carbons (Fsp3) is 0.0417. The molecule has 0 radical (unpaired) electrons. The van der Waals surface area contributed by atoms with Crippen molar-refractivity contribution in [3.05, 3.63) is 83.5 Å². The Hall–Kier alpha value is -4.06. The van der Waals surface area contributed by atoms with Gasteiger partial charge in [-0.2, -0.15) is 0 Å². The quantitative estimate of drug-likeness (QED) is 0.463. The van der Waals surface area contributed by atoms with Crippen LogP contribution in [0.4, 0.5) is 4.39 Å². The normalized spacial score (nSPS) is 14.3. The molecule has 6 heteroatoms. The molecule has 1 aromatic heterocycles. The van der Waals surface area contributed by atoms with Gasteiger partial charge in [-0.05, 0) is 35.4 Å². The number of rotatable bonds is 2. The van der Waals surface area contributed by atoms with Crippen LogP contribution in [0.5, 0.6) is 17.2 Å². The average Bonchev–Trinajstić information content (AvgIpc) is 3.19. The number of phenols is 2. The molecule has 148 valence electrons. The highest BCUT2D eigenvalue weighted by molar-refractivity contribution is 6.17. The van der Waals surface area contributed by atoms with Crippen LogP contribution in [0.15, 0.2) is 66.6 Å². The number of ether oxygens (including phenoxy) is 1. The van der Waals surface area contributed by atoms with Gasteiger partial charge in [0.15, 0.2) is 5.76 Å². The molecule has 2 N–H and O–H groups in total. The number of hydrogen-bond donors (Lipinski definition) is 2. The molecule has 1 aliphatic rings. The number of phenolic OH excluding ortho intramolecular Hbond substituents is 2. The number of nitrogens with zero attached hydrogens (tertiary/aromatic N) is 1. The lowest BCUT2D eigenvalue weighted by atomic mass is 9.98. The Morgan fingerprint density at radius 2 is 1.83 bits per heavy atom. The summed E-state index contributed by atoms with van der Waals surface area (Å²) in [5.41, 5.74) is 3.44. The molecular formula is C24H16FNO4. The van der Waals surface area contributed by atoms with Gasteiger partial charge in [0.25, 0.3) is 0 Å². The van der Waals surface area contributed by atoms with Gasteiger partial charge in [0, 0.05) is 41.8 Å². The van der Waals surface area contributed by atoms with Crippen LogP contribution in [0.25, 0.3) is 28.1 Å². The smallest absolute Gasteiger partial charge is 0.235 e. The van der Waals surface area contributed by atoms with Crippen molar-refractivity contribution < 1.29 is 24.1 Å². The second-order valence-corrected chi connectivity index (χ2v) is 7.18. The summed E-state index contributed by atoms with van der Waals surface area (Å²) in [6, 6.07) is 14.5. The first-order valence-corrected chi connectivity index (χ1v) is 9.26. The second-order valence-electron chi connectivity index (χ2n) is 7.18. The Morgan fingerprint density at radius 3 is 2.60 bits per heavy atom. The molecule has 0 spiro atoms. The summed E-state index contributed by atoms with van der Waals surface area (Å²) in [7, 11) is 1.90. The third kappa shape index (κ3) is 2.73. The Labute approximate surface area is 170 Å². The van der Waals surface area contributed by atoms with E-state index >= 15 is 0 Å². The van der Waals surface area contributed by atoms with Crippen molar-refractivity contribution in [3.8, 4) is 28.4 Å². The third-order valence-electron chi connectivity index (χ3n) is 5.22. The van der Waals surface area contributed by atoms with E-state index in [9.17, 15) is 19.4 Å². The molecule has 2 heterocycles. The first-order chi connectivity index (χ1) is 14.4. The summed E-state index contributed by atoms with van der Waals surface area (Å²) in [4.78, 5) is 12.8. The van der Waals surface area contributed by atoms with Crippen LogP contribution in [-0.4, -0.2) is 20.6 Å². The zero-order chi connectivity index (χ0) is 21.0. The largest absolute Gasteiger partial charge is 0.508 e. The Balaban J connectivity index is 1.68. The van der Waals surface area contributed by atoms with Gasteiger partial charge in [0.2, 0.25) is 5.78 Å². The monoisotopic (exact) mass is 401 g/mol. The van der Waals surface area contributed by atoms with E-state index in [0.29, 0.717) is 0 Å². The van der Waals surface area contributed by atoms with Gasteiger partial charge >= 0.3 is 0 Å². The number of aryl methyl sites for hydroxylation is 1. The topological polar surface area (TPSA) is 71.7 Å². The van der Waals surface area contributed by atoms with E-state index in [2.05, 4.69) is 0 Å².